The zero-order valence-electron chi connectivity index (χ0n) is 15.7. The third-order valence-corrected chi connectivity index (χ3v) is 3.94. The first-order valence-electron chi connectivity index (χ1n) is 8.65. The van der Waals surface area contributed by atoms with Gasteiger partial charge < -0.3 is 14.4 Å². The molecule has 7 nitrogen and oxygen atoms in total. The summed E-state index contributed by atoms with van der Waals surface area (Å²) in [7, 11) is 0. The molecular weight excluding hydrogens is 336 g/mol. The molecule has 1 aliphatic heterocycles. The van der Waals surface area contributed by atoms with Crippen LogP contribution in [0.2, 0.25) is 0 Å². The number of nitrogens with zero attached hydrogens (tertiary/aromatic N) is 2. The van der Waals surface area contributed by atoms with E-state index in [1.165, 1.54) is 9.80 Å². The van der Waals surface area contributed by atoms with Crippen LogP contribution in [0.4, 0.5) is 4.79 Å². The van der Waals surface area contributed by atoms with Gasteiger partial charge in [-0.25, -0.2) is 9.59 Å². The SMILES string of the molecule is C[C@H](C(=O)OCc1ccccc1)N1CCN(C(=O)OC(C)(C)C)CC1=O. The smallest absolute Gasteiger partial charge is 0.410 e. The molecule has 1 heterocycles. The number of benzene rings is 1. The molecule has 1 aliphatic rings. The minimum atomic E-state index is -0.702. The number of amides is 2. The van der Waals surface area contributed by atoms with E-state index in [-0.39, 0.29) is 25.6 Å². The molecular formula is C19H26N2O5. The summed E-state index contributed by atoms with van der Waals surface area (Å²) in [5, 5.41) is 0. The maximum absolute atomic E-state index is 12.4. The summed E-state index contributed by atoms with van der Waals surface area (Å²) in [5.74, 6) is -0.765. The van der Waals surface area contributed by atoms with E-state index in [0.29, 0.717) is 6.54 Å². The molecule has 0 radical (unpaired) electrons. The van der Waals surface area contributed by atoms with E-state index < -0.39 is 23.7 Å². The highest BCUT2D eigenvalue weighted by atomic mass is 16.6. The normalized spacial score (nSPS) is 16.2. The van der Waals surface area contributed by atoms with Crippen molar-refractivity contribution in [3.63, 3.8) is 0 Å². The number of hydrogen-bond acceptors (Lipinski definition) is 5. The summed E-state index contributed by atoms with van der Waals surface area (Å²) in [5.41, 5.74) is 0.264. The lowest BCUT2D eigenvalue weighted by atomic mass is 10.2. The highest BCUT2D eigenvalue weighted by Gasteiger charge is 2.35. The molecule has 1 aromatic carbocycles. The lowest BCUT2D eigenvalue weighted by Crippen LogP contribution is -2.57. The van der Waals surface area contributed by atoms with Gasteiger partial charge in [-0.1, -0.05) is 30.3 Å². The Kier molecular flexibility index (Phi) is 6.23. The molecule has 0 aliphatic carbocycles. The Balaban J connectivity index is 1.86. The number of esters is 1. The predicted octanol–water partition coefficient (Wildman–Crippen LogP) is 2.20. The molecule has 1 aromatic rings. The monoisotopic (exact) mass is 362 g/mol. The lowest BCUT2D eigenvalue weighted by Gasteiger charge is -2.37. The standard InChI is InChI=1S/C19H26N2O5/c1-14(17(23)25-13-15-8-6-5-7-9-15)21-11-10-20(12-16(21)22)18(24)26-19(2,3)4/h5-9,14H,10-13H2,1-4H3/t14-/m1/s1. The second kappa shape index (κ2) is 8.21. The summed E-state index contributed by atoms with van der Waals surface area (Å²) in [4.78, 5) is 39.5. The van der Waals surface area contributed by atoms with E-state index >= 15 is 0 Å². The van der Waals surface area contributed by atoms with Gasteiger partial charge in [-0.3, -0.25) is 9.69 Å². The van der Waals surface area contributed by atoms with Crippen molar-refractivity contribution in [2.75, 3.05) is 19.6 Å². The maximum atomic E-state index is 12.4. The van der Waals surface area contributed by atoms with Crippen molar-refractivity contribution in [3.05, 3.63) is 35.9 Å². The molecule has 7 heteroatoms. The van der Waals surface area contributed by atoms with Crippen molar-refractivity contribution in [3.8, 4) is 0 Å². The predicted molar refractivity (Wildman–Crippen MR) is 95.2 cm³/mol. The Labute approximate surface area is 153 Å². The molecule has 26 heavy (non-hydrogen) atoms. The molecule has 1 atom stereocenters. The van der Waals surface area contributed by atoms with Crippen molar-refractivity contribution >= 4 is 18.0 Å². The highest BCUT2D eigenvalue weighted by molar-refractivity contribution is 5.88. The summed E-state index contributed by atoms with van der Waals surface area (Å²) in [6.45, 7) is 7.58. The highest BCUT2D eigenvalue weighted by Crippen LogP contribution is 2.14. The van der Waals surface area contributed by atoms with Crippen LogP contribution in [0.25, 0.3) is 0 Å². The Morgan fingerprint density at radius 3 is 2.38 bits per heavy atom. The fourth-order valence-electron chi connectivity index (χ4n) is 2.55. The van der Waals surface area contributed by atoms with Crippen molar-refractivity contribution in [2.45, 2.75) is 45.9 Å². The second-order valence-electron chi connectivity index (χ2n) is 7.26. The summed E-state index contributed by atoms with van der Waals surface area (Å²) in [6.07, 6.45) is -0.523. The fraction of sp³-hybridized carbons (Fsp3) is 0.526. The van der Waals surface area contributed by atoms with Gasteiger partial charge in [0.15, 0.2) is 0 Å². The van der Waals surface area contributed by atoms with Crippen LogP contribution >= 0.6 is 0 Å². The zero-order chi connectivity index (χ0) is 19.3. The third-order valence-electron chi connectivity index (χ3n) is 3.94. The molecule has 0 saturated carbocycles. The van der Waals surface area contributed by atoms with Crippen LogP contribution in [0.5, 0.6) is 0 Å². The molecule has 0 unspecified atom stereocenters. The molecule has 142 valence electrons. The molecule has 1 fully saturated rings. The van der Waals surface area contributed by atoms with Gasteiger partial charge in [-0.05, 0) is 33.3 Å². The second-order valence-corrected chi connectivity index (χ2v) is 7.26. The van der Waals surface area contributed by atoms with Crippen molar-refractivity contribution in [2.24, 2.45) is 0 Å². The lowest BCUT2D eigenvalue weighted by molar-refractivity contribution is -0.157. The summed E-state index contributed by atoms with van der Waals surface area (Å²) in [6, 6.07) is 8.65. The molecule has 0 spiro atoms. The van der Waals surface area contributed by atoms with E-state index in [4.69, 9.17) is 9.47 Å². The first-order valence-corrected chi connectivity index (χ1v) is 8.65. The molecule has 0 N–H and O–H groups in total. The molecule has 0 bridgehead atoms. The first kappa shape index (κ1) is 19.8. The van der Waals surface area contributed by atoms with Gasteiger partial charge in [0, 0.05) is 13.1 Å². The van der Waals surface area contributed by atoms with E-state index in [1.807, 2.05) is 30.3 Å². The Morgan fingerprint density at radius 2 is 1.81 bits per heavy atom. The van der Waals surface area contributed by atoms with Gasteiger partial charge in [0.25, 0.3) is 0 Å². The van der Waals surface area contributed by atoms with Gasteiger partial charge in [-0.2, -0.15) is 0 Å². The molecule has 0 aromatic heterocycles. The number of carbonyl (C=O) groups is 3. The Hall–Kier alpha value is -2.57. The number of ether oxygens (including phenoxy) is 2. The molecule has 2 amide bonds. The molecule has 2 rings (SSSR count). The molecule has 1 saturated heterocycles. The minimum absolute atomic E-state index is 0.106. The number of piperazine rings is 1. The van der Waals surface area contributed by atoms with Gasteiger partial charge in [0.05, 0.1) is 0 Å². The van der Waals surface area contributed by atoms with Crippen LogP contribution in [0, 0.1) is 0 Å². The Bertz CT molecular complexity index is 654. The topological polar surface area (TPSA) is 76.2 Å². The van der Waals surface area contributed by atoms with Gasteiger partial charge in [-0.15, -0.1) is 0 Å². The van der Waals surface area contributed by atoms with Crippen LogP contribution in [0.3, 0.4) is 0 Å². The minimum Gasteiger partial charge on any atom is -0.459 e. The van der Waals surface area contributed by atoms with E-state index in [2.05, 4.69) is 0 Å². The quantitative estimate of drug-likeness (QED) is 0.768. The van der Waals surface area contributed by atoms with Gasteiger partial charge >= 0.3 is 12.1 Å². The van der Waals surface area contributed by atoms with E-state index in [9.17, 15) is 14.4 Å². The van der Waals surface area contributed by atoms with Crippen molar-refractivity contribution in [1.29, 1.82) is 0 Å². The first-order chi connectivity index (χ1) is 12.2. The van der Waals surface area contributed by atoms with Crippen LogP contribution in [-0.2, 0) is 25.7 Å². The Morgan fingerprint density at radius 1 is 1.15 bits per heavy atom. The zero-order valence-corrected chi connectivity index (χ0v) is 15.7. The summed E-state index contributed by atoms with van der Waals surface area (Å²) < 4.78 is 10.6. The maximum Gasteiger partial charge on any atom is 0.410 e. The van der Waals surface area contributed by atoms with Gasteiger partial charge in [0.1, 0.15) is 24.8 Å². The number of rotatable bonds is 4. The number of hydrogen-bond donors (Lipinski definition) is 0. The van der Waals surface area contributed by atoms with Gasteiger partial charge in [0.2, 0.25) is 5.91 Å². The van der Waals surface area contributed by atoms with E-state index in [0.717, 1.165) is 5.56 Å². The van der Waals surface area contributed by atoms with Crippen molar-refractivity contribution in [1.82, 2.24) is 9.80 Å². The van der Waals surface area contributed by atoms with Crippen LogP contribution in [0.15, 0.2) is 30.3 Å². The van der Waals surface area contributed by atoms with Crippen LogP contribution in [0.1, 0.15) is 33.3 Å². The average molecular weight is 362 g/mol. The van der Waals surface area contributed by atoms with Crippen LogP contribution in [-0.4, -0.2) is 59.0 Å². The largest absolute Gasteiger partial charge is 0.459 e. The third kappa shape index (κ3) is 5.47. The van der Waals surface area contributed by atoms with Crippen LogP contribution < -0.4 is 0 Å². The van der Waals surface area contributed by atoms with Crippen molar-refractivity contribution < 1.29 is 23.9 Å². The number of carbonyl (C=O) groups excluding carboxylic acids is 3. The average Bonchev–Trinajstić information content (AvgIpc) is 2.58. The fourth-order valence-corrected chi connectivity index (χ4v) is 2.55. The van der Waals surface area contributed by atoms with E-state index in [1.54, 1.807) is 27.7 Å². The summed E-state index contributed by atoms with van der Waals surface area (Å²) >= 11 is 0.